The van der Waals surface area contributed by atoms with Crippen LogP contribution in [0, 0.1) is 4.64 Å². The van der Waals surface area contributed by atoms with Crippen molar-refractivity contribution in [2.75, 3.05) is 11.1 Å². The highest BCUT2D eigenvalue weighted by atomic mass is 32.2. The summed E-state index contributed by atoms with van der Waals surface area (Å²) in [7, 11) is 0. The van der Waals surface area contributed by atoms with E-state index in [9.17, 15) is 31.1 Å². The third-order valence-corrected chi connectivity index (χ3v) is 5.00. The minimum Gasteiger partial charge on any atom is -0.334 e. The molecule has 0 spiro atoms. The number of hydrogen-bond donors (Lipinski definition) is 2. The van der Waals surface area contributed by atoms with Crippen molar-refractivity contribution >= 4 is 46.5 Å². The Hall–Kier alpha value is -2.60. The minimum absolute atomic E-state index is 0.0104. The monoisotopic (exact) mass is 463 g/mol. The molecule has 0 bridgehead atoms. The van der Waals surface area contributed by atoms with E-state index in [1.807, 2.05) is 0 Å². The number of rotatable bonds is 4. The molecular weight excluding hydrogens is 452 g/mol. The number of nitrogens with zero attached hydrogens (tertiary/aromatic N) is 1. The van der Waals surface area contributed by atoms with Crippen LogP contribution >= 0.6 is 24.0 Å². The number of hydrogen-bond acceptors (Lipinski definition) is 4. The maximum atomic E-state index is 12.9. The second-order valence-electron chi connectivity index (χ2n) is 6.02. The highest BCUT2D eigenvalue weighted by molar-refractivity contribution is 7.99. The molecule has 0 aliphatic rings. The number of H-pyrrole nitrogens is 1. The number of carbonyl (C=O) groups excluding carboxylic acids is 1. The third kappa shape index (κ3) is 5.30. The molecule has 0 saturated heterocycles. The lowest BCUT2D eigenvalue weighted by Gasteiger charge is -2.14. The van der Waals surface area contributed by atoms with Gasteiger partial charge in [-0.2, -0.15) is 26.3 Å². The van der Waals surface area contributed by atoms with Gasteiger partial charge in [0.05, 0.1) is 22.4 Å². The van der Waals surface area contributed by atoms with Crippen molar-refractivity contribution in [2.24, 2.45) is 0 Å². The lowest BCUT2D eigenvalue weighted by Crippen LogP contribution is -2.17. The molecule has 1 aromatic heterocycles. The molecule has 158 valence electrons. The average molecular weight is 463 g/mol. The summed E-state index contributed by atoms with van der Waals surface area (Å²) >= 11 is 6.07. The van der Waals surface area contributed by atoms with Crippen molar-refractivity contribution in [1.29, 1.82) is 0 Å². The highest BCUT2D eigenvalue weighted by Gasteiger charge is 2.37. The van der Waals surface area contributed by atoms with E-state index in [1.54, 1.807) is 24.3 Å². The van der Waals surface area contributed by atoms with E-state index in [4.69, 9.17) is 12.2 Å². The molecule has 4 nitrogen and oxygen atoms in total. The first-order valence-electron chi connectivity index (χ1n) is 8.15. The van der Waals surface area contributed by atoms with Crippen LogP contribution < -0.4 is 5.32 Å². The molecule has 0 fully saturated rings. The van der Waals surface area contributed by atoms with Gasteiger partial charge in [-0.25, -0.2) is 4.98 Å². The van der Waals surface area contributed by atoms with Crippen LogP contribution in [0.3, 0.4) is 0 Å². The van der Waals surface area contributed by atoms with Gasteiger partial charge in [-0.05, 0) is 30.3 Å². The summed E-state index contributed by atoms with van der Waals surface area (Å²) < 4.78 is 77.7. The van der Waals surface area contributed by atoms with E-state index in [0.29, 0.717) is 27.7 Å². The first-order valence-corrected chi connectivity index (χ1v) is 9.54. The van der Waals surface area contributed by atoms with Crippen LogP contribution in [0.2, 0.25) is 0 Å². The summed E-state index contributed by atoms with van der Waals surface area (Å²) in [6.45, 7) is 0. The number of fused-ring (bicyclic) bond motifs is 1. The number of nitrogens with one attached hydrogen (secondary N) is 2. The van der Waals surface area contributed by atoms with E-state index in [0.717, 1.165) is 11.8 Å². The van der Waals surface area contributed by atoms with E-state index in [-0.39, 0.29) is 17.0 Å². The molecule has 12 heteroatoms. The van der Waals surface area contributed by atoms with Crippen LogP contribution in [0.15, 0.2) is 47.6 Å². The van der Waals surface area contributed by atoms with Crippen LogP contribution in [0.5, 0.6) is 0 Å². The third-order valence-electron chi connectivity index (χ3n) is 3.81. The van der Waals surface area contributed by atoms with Crippen LogP contribution in [0.4, 0.5) is 32.0 Å². The van der Waals surface area contributed by atoms with Crippen molar-refractivity contribution in [3.63, 3.8) is 0 Å². The number of halogens is 6. The summed E-state index contributed by atoms with van der Waals surface area (Å²) in [6.07, 6.45) is -10.0. The van der Waals surface area contributed by atoms with E-state index < -0.39 is 35.1 Å². The van der Waals surface area contributed by atoms with Gasteiger partial charge in [0.1, 0.15) is 4.64 Å². The lowest BCUT2D eigenvalue weighted by molar-refractivity contribution is -0.143. The van der Waals surface area contributed by atoms with Crippen LogP contribution in [0.1, 0.15) is 11.1 Å². The quantitative estimate of drug-likeness (QED) is 0.214. The van der Waals surface area contributed by atoms with Crippen LogP contribution in [-0.2, 0) is 17.1 Å². The van der Waals surface area contributed by atoms with Crippen molar-refractivity contribution < 1.29 is 31.1 Å². The Balaban J connectivity index is 1.77. The van der Waals surface area contributed by atoms with E-state index in [1.165, 1.54) is 0 Å². The fourth-order valence-corrected chi connectivity index (χ4v) is 3.51. The molecule has 30 heavy (non-hydrogen) atoms. The maximum Gasteiger partial charge on any atom is 0.416 e. The number of aromatic amines is 1. The van der Waals surface area contributed by atoms with Crippen LogP contribution in [0.25, 0.3) is 10.9 Å². The average Bonchev–Trinajstić information content (AvgIpc) is 2.65. The van der Waals surface area contributed by atoms with Gasteiger partial charge < -0.3 is 10.3 Å². The zero-order chi connectivity index (χ0) is 22.1. The number of anilines is 1. The molecule has 2 aromatic carbocycles. The minimum atomic E-state index is -5.00. The van der Waals surface area contributed by atoms with Gasteiger partial charge in [0.15, 0.2) is 5.16 Å². The van der Waals surface area contributed by atoms with Gasteiger partial charge in [0.25, 0.3) is 0 Å². The Kier molecular flexibility index (Phi) is 6.09. The Morgan fingerprint density at radius 2 is 1.63 bits per heavy atom. The van der Waals surface area contributed by atoms with E-state index in [2.05, 4.69) is 15.3 Å². The van der Waals surface area contributed by atoms with Gasteiger partial charge in [0.2, 0.25) is 5.91 Å². The van der Waals surface area contributed by atoms with Crippen LogP contribution in [-0.4, -0.2) is 21.6 Å². The number of para-hydroxylation sites is 1. The number of carbonyl (C=O) groups is 1. The SMILES string of the molecule is O=C(CSc1nc(=S)c2ccccc2[nH]1)Nc1cc(C(F)(F)F)cc(C(F)(F)F)c1. The molecule has 2 N–H and O–H groups in total. The van der Waals surface area contributed by atoms with Gasteiger partial charge >= 0.3 is 12.4 Å². The van der Waals surface area contributed by atoms with E-state index >= 15 is 0 Å². The number of thioether (sulfide) groups is 1. The summed E-state index contributed by atoms with van der Waals surface area (Å²) in [6, 6.07) is 7.92. The van der Waals surface area contributed by atoms with Crippen molar-refractivity contribution in [1.82, 2.24) is 9.97 Å². The zero-order valence-electron chi connectivity index (χ0n) is 14.7. The number of amides is 1. The molecule has 0 aliphatic carbocycles. The Morgan fingerprint density at radius 3 is 2.23 bits per heavy atom. The van der Waals surface area contributed by atoms with Gasteiger partial charge in [-0.15, -0.1) is 0 Å². The number of aromatic nitrogens is 2. The fraction of sp³-hybridized carbons (Fsp3) is 0.167. The summed E-state index contributed by atoms with van der Waals surface area (Å²) in [5.74, 6) is -1.12. The molecule has 3 rings (SSSR count). The Bertz CT molecular complexity index is 1120. The first kappa shape index (κ1) is 22.1. The van der Waals surface area contributed by atoms with Crippen molar-refractivity contribution in [2.45, 2.75) is 17.5 Å². The number of benzene rings is 2. The normalized spacial score (nSPS) is 12.2. The highest BCUT2D eigenvalue weighted by Crippen LogP contribution is 2.37. The summed E-state index contributed by atoms with van der Waals surface area (Å²) in [5.41, 5.74) is -2.96. The van der Waals surface area contributed by atoms with Crippen molar-refractivity contribution in [3.8, 4) is 0 Å². The van der Waals surface area contributed by atoms with Crippen molar-refractivity contribution in [3.05, 3.63) is 58.2 Å². The second kappa shape index (κ2) is 8.26. The molecule has 0 aliphatic heterocycles. The molecule has 0 radical (unpaired) electrons. The predicted octanol–water partition coefficient (Wildman–Crippen LogP) is 6.06. The fourth-order valence-electron chi connectivity index (χ4n) is 2.50. The first-order chi connectivity index (χ1) is 13.9. The zero-order valence-corrected chi connectivity index (χ0v) is 16.3. The van der Waals surface area contributed by atoms with Gasteiger partial charge in [0, 0.05) is 11.1 Å². The summed E-state index contributed by atoms with van der Waals surface area (Å²) in [4.78, 5) is 19.2. The predicted molar refractivity (Wildman–Crippen MR) is 103 cm³/mol. The summed E-state index contributed by atoms with van der Waals surface area (Å²) in [5, 5.41) is 3.05. The Morgan fingerprint density at radius 1 is 1.03 bits per heavy atom. The molecule has 1 heterocycles. The smallest absolute Gasteiger partial charge is 0.334 e. The topological polar surface area (TPSA) is 57.8 Å². The Labute approximate surface area is 174 Å². The maximum absolute atomic E-state index is 12.9. The molecular formula is C18H11F6N3OS2. The molecule has 3 aromatic rings. The van der Waals surface area contributed by atoms with Gasteiger partial charge in [-0.1, -0.05) is 36.1 Å². The molecule has 0 atom stereocenters. The molecule has 0 unspecified atom stereocenters. The molecule has 1 amide bonds. The number of alkyl halides is 6. The standard InChI is InChI=1S/C18H11F6N3OS2/c19-17(20,21)9-5-10(18(22,23)24)7-11(6-9)25-14(28)8-30-16-26-13-4-2-1-3-12(13)15(29)27-16/h1-7H,8H2,(H,25,28)(H,26,27,29). The van der Waals surface area contributed by atoms with Gasteiger partial charge in [-0.3, -0.25) is 4.79 Å². The second-order valence-corrected chi connectivity index (χ2v) is 7.37. The lowest BCUT2D eigenvalue weighted by atomic mass is 10.1. The largest absolute Gasteiger partial charge is 0.416 e. The molecule has 0 saturated carbocycles.